The van der Waals surface area contributed by atoms with E-state index in [1.165, 1.54) is 84.6 Å². The van der Waals surface area contributed by atoms with Crippen LogP contribution in [0, 0.1) is 12.3 Å². The van der Waals surface area contributed by atoms with Gasteiger partial charge in [0, 0.05) is 47.6 Å². The second-order valence-corrected chi connectivity index (χ2v) is 18.8. The molecule has 0 spiro atoms. The van der Waals surface area contributed by atoms with Gasteiger partial charge in [0.15, 0.2) is 0 Å². The van der Waals surface area contributed by atoms with E-state index in [1.54, 1.807) is 0 Å². The van der Waals surface area contributed by atoms with Crippen LogP contribution in [-0.2, 0) is 0 Å². The molecular formula is C53H49NOS2. The lowest BCUT2D eigenvalue weighted by Gasteiger charge is -2.37. The standard InChI is InChI=1S/C53H49NOS2/c1-5-6-7-14-28-53(3,4)50-34(25-27-45-49(50)42-17-8-11-21-44(42)55-45)32-54-37-30-35(38-19-15-20-41-40-16-9-12-22-46(40)56-51(38)41)29-36(31-37)39-26-24-33(2)48-43-18-10-13-23-47(43)57-52(39)48/h5-14,16-18,20-27,29,31,37,45,49,54H,15,19,28,30,32H2,1-4H3/b6-5-,14-7-. The number of hydrogen-bond acceptors (Lipinski definition) is 4. The lowest BCUT2D eigenvalue weighted by molar-refractivity contribution is 0.248. The summed E-state index contributed by atoms with van der Waals surface area (Å²) in [7, 11) is 0. The zero-order valence-electron chi connectivity index (χ0n) is 33.3. The molecule has 284 valence electrons. The van der Waals surface area contributed by atoms with Crippen LogP contribution in [0.2, 0.25) is 0 Å². The molecule has 1 N–H and O–H groups in total. The van der Waals surface area contributed by atoms with Gasteiger partial charge in [-0.25, -0.2) is 0 Å². The van der Waals surface area contributed by atoms with Gasteiger partial charge in [0.25, 0.3) is 0 Å². The van der Waals surface area contributed by atoms with Gasteiger partial charge in [0.05, 0.1) is 5.92 Å². The van der Waals surface area contributed by atoms with Crippen LogP contribution in [0.5, 0.6) is 5.75 Å². The Morgan fingerprint density at radius 2 is 1.68 bits per heavy atom. The Labute approximate surface area is 344 Å². The molecule has 4 aromatic carbocycles. The number of hydrogen-bond donors (Lipinski definition) is 1. The molecule has 0 radical (unpaired) electrons. The highest BCUT2D eigenvalue weighted by molar-refractivity contribution is 7.26. The van der Waals surface area contributed by atoms with Crippen LogP contribution >= 0.6 is 22.7 Å². The van der Waals surface area contributed by atoms with Gasteiger partial charge in [0.2, 0.25) is 0 Å². The predicted molar refractivity (Wildman–Crippen MR) is 247 cm³/mol. The molecule has 3 unspecified atom stereocenters. The minimum atomic E-state index is -0.0665. The lowest BCUT2D eigenvalue weighted by Crippen LogP contribution is -2.36. The van der Waals surface area contributed by atoms with Crippen molar-refractivity contribution in [2.24, 2.45) is 5.41 Å². The lowest BCUT2D eigenvalue weighted by atomic mass is 9.67. The Kier molecular flexibility index (Phi) is 9.40. The van der Waals surface area contributed by atoms with Gasteiger partial charge < -0.3 is 10.1 Å². The molecule has 3 heterocycles. The number of para-hydroxylation sites is 1. The Bertz CT molecular complexity index is 2900. The van der Waals surface area contributed by atoms with Gasteiger partial charge in [-0.05, 0) is 119 Å². The highest BCUT2D eigenvalue weighted by atomic mass is 32.1. The number of nitrogens with one attached hydrogen (secondary N) is 1. The number of aryl methyl sites for hydroxylation is 1. The maximum absolute atomic E-state index is 6.59. The van der Waals surface area contributed by atoms with Crippen LogP contribution in [0.25, 0.3) is 47.5 Å². The maximum Gasteiger partial charge on any atom is 0.128 e. The van der Waals surface area contributed by atoms with Crippen molar-refractivity contribution >= 4 is 70.2 Å². The Morgan fingerprint density at radius 1 is 0.895 bits per heavy atom. The van der Waals surface area contributed by atoms with Crippen molar-refractivity contribution in [3.63, 3.8) is 0 Å². The molecule has 0 amide bonds. The van der Waals surface area contributed by atoms with E-state index in [-0.39, 0.29) is 23.5 Å². The van der Waals surface area contributed by atoms with Crippen molar-refractivity contribution in [1.29, 1.82) is 0 Å². The average molecular weight is 780 g/mol. The summed E-state index contributed by atoms with van der Waals surface area (Å²) in [5.41, 5.74) is 11.1. The van der Waals surface area contributed by atoms with Gasteiger partial charge in [-0.2, -0.15) is 0 Å². The molecule has 3 atom stereocenters. The normalized spacial score (nSPS) is 20.6. The summed E-state index contributed by atoms with van der Waals surface area (Å²) < 4.78 is 12.2. The molecule has 0 saturated carbocycles. The summed E-state index contributed by atoms with van der Waals surface area (Å²) >= 11 is 3.91. The second kappa shape index (κ2) is 14.7. The van der Waals surface area contributed by atoms with Crippen LogP contribution < -0.4 is 19.8 Å². The molecule has 2 nitrogen and oxygen atoms in total. The third kappa shape index (κ3) is 6.43. The largest absolute Gasteiger partial charge is 0.485 e. The highest BCUT2D eigenvalue weighted by Gasteiger charge is 2.43. The van der Waals surface area contributed by atoms with Crippen LogP contribution in [0.3, 0.4) is 0 Å². The van der Waals surface area contributed by atoms with Crippen molar-refractivity contribution in [2.45, 2.75) is 71.4 Å². The molecule has 3 aliphatic carbocycles. The summed E-state index contributed by atoms with van der Waals surface area (Å²) in [6, 6.07) is 31.5. The van der Waals surface area contributed by atoms with Gasteiger partial charge in [-0.1, -0.05) is 129 Å². The van der Waals surface area contributed by atoms with Gasteiger partial charge in [-0.15, -0.1) is 22.7 Å². The third-order valence-electron chi connectivity index (χ3n) is 12.6. The maximum atomic E-state index is 6.59. The monoisotopic (exact) mass is 779 g/mol. The molecule has 4 aliphatic rings. The van der Waals surface area contributed by atoms with Crippen molar-refractivity contribution in [2.75, 3.05) is 6.54 Å². The minimum Gasteiger partial charge on any atom is -0.485 e. The molecular weight excluding hydrogens is 731 g/mol. The fourth-order valence-corrected chi connectivity index (χ4v) is 12.6. The Balaban J connectivity index is 1.09. The quantitative estimate of drug-likeness (QED) is 0.148. The summed E-state index contributed by atoms with van der Waals surface area (Å²) in [4.78, 5) is 0. The Morgan fingerprint density at radius 3 is 2.54 bits per heavy atom. The molecule has 0 fully saturated rings. The first-order chi connectivity index (χ1) is 27.9. The number of fused-ring (bicyclic) bond motifs is 9. The zero-order valence-corrected chi connectivity index (χ0v) is 34.9. The van der Waals surface area contributed by atoms with E-state index in [9.17, 15) is 0 Å². The molecule has 10 rings (SSSR count). The van der Waals surface area contributed by atoms with Crippen molar-refractivity contribution < 1.29 is 4.74 Å². The number of benzene rings is 4. The second-order valence-electron chi connectivity index (χ2n) is 16.7. The average Bonchev–Trinajstić information content (AvgIpc) is 3.93. The molecule has 1 aliphatic heterocycles. The molecule has 4 heteroatoms. The van der Waals surface area contributed by atoms with Gasteiger partial charge in [0.1, 0.15) is 11.9 Å². The number of ether oxygens (including phenoxy) is 1. The zero-order chi connectivity index (χ0) is 38.7. The molecule has 2 aromatic heterocycles. The van der Waals surface area contributed by atoms with Gasteiger partial charge >= 0.3 is 0 Å². The van der Waals surface area contributed by atoms with E-state index >= 15 is 0 Å². The number of allylic oxidation sites excluding steroid dienone is 6. The fourth-order valence-electron chi connectivity index (χ4n) is 9.93. The van der Waals surface area contributed by atoms with Crippen LogP contribution in [0.15, 0.2) is 150 Å². The number of rotatable bonds is 9. The van der Waals surface area contributed by atoms with E-state index < -0.39 is 0 Å². The molecule has 0 saturated heterocycles. The van der Waals surface area contributed by atoms with Crippen molar-refractivity contribution in [3.8, 4) is 5.75 Å². The highest BCUT2D eigenvalue weighted by Crippen LogP contribution is 2.52. The number of thiophene rings is 2. The summed E-state index contributed by atoms with van der Waals surface area (Å²) in [6.45, 7) is 9.98. The van der Waals surface area contributed by atoms with Crippen LogP contribution in [0.4, 0.5) is 0 Å². The van der Waals surface area contributed by atoms with E-state index in [0.29, 0.717) is 0 Å². The third-order valence-corrected chi connectivity index (χ3v) is 15.0. The van der Waals surface area contributed by atoms with Crippen LogP contribution in [-0.4, -0.2) is 18.7 Å². The summed E-state index contributed by atoms with van der Waals surface area (Å²) in [5, 5.41) is 9.75. The van der Waals surface area contributed by atoms with E-state index in [1.807, 2.05) is 22.7 Å². The van der Waals surface area contributed by atoms with E-state index in [4.69, 9.17) is 4.74 Å². The predicted octanol–water partition coefficient (Wildman–Crippen LogP) is 12.6. The van der Waals surface area contributed by atoms with Crippen molar-refractivity contribution in [1.82, 2.24) is 5.32 Å². The van der Waals surface area contributed by atoms with Crippen LogP contribution in [0.1, 0.15) is 69.1 Å². The van der Waals surface area contributed by atoms with E-state index in [0.717, 1.165) is 38.0 Å². The topological polar surface area (TPSA) is 21.3 Å². The molecule has 6 aromatic rings. The molecule has 57 heavy (non-hydrogen) atoms. The first-order valence-corrected chi connectivity index (χ1v) is 22.2. The summed E-state index contributed by atoms with van der Waals surface area (Å²) in [5.74, 6) is 1.22. The first kappa shape index (κ1) is 36.3. The minimum absolute atomic E-state index is 0.0240. The van der Waals surface area contributed by atoms with Gasteiger partial charge in [-0.3, -0.25) is 0 Å². The SMILES string of the molecule is C/C=C\C=C/CC(C)(C)C1=C(CNC2C=C(c3ccc(C)c4c3sc3ccccc34)C=C(C3=c4sc5ccccc5c4=CCC3)C2)C=CC2Oc3ccccc3C12. The Hall–Kier alpha value is -5.00. The summed E-state index contributed by atoms with van der Waals surface area (Å²) in [6.07, 6.45) is 25.1. The smallest absolute Gasteiger partial charge is 0.128 e. The van der Waals surface area contributed by atoms with E-state index in [2.05, 4.69) is 173 Å². The molecule has 0 bridgehead atoms. The fraction of sp³-hybridized carbons (Fsp3) is 0.245. The van der Waals surface area contributed by atoms with Crippen molar-refractivity contribution in [3.05, 3.63) is 177 Å². The first-order valence-electron chi connectivity index (χ1n) is 20.6.